The molecule has 2 N–H and O–H groups in total. The topological polar surface area (TPSA) is 52.3 Å². The van der Waals surface area contributed by atoms with Crippen LogP contribution in [0.5, 0.6) is 0 Å². The number of hydrogen-bond donors (Lipinski definition) is 1. The first-order chi connectivity index (χ1) is 11.6. The predicted molar refractivity (Wildman–Crippen MR) is 105 cm³/mol. The van der Waals surface area contributed by atoms with Crippen LogP contribution in [0.15, 0.2) is 24.3 Å². The van der Waals surface area contributed by atoms with Crippen molar-refractivity contribution in [1.82, 2.24) is 0 Å². The molecule has 1 aromatic carbocycles. The Morgan fingerprint density at radius 3 is 2.88 bits per heavy atom. The monoisotopic (exact) mass is 363 g/mol. The van der Waals surface area contributed by atoms with E-state index in [1.54, 1.807) is 0 Å². The molecule has 1 saturated carbocycles. The molecule has 0 amide bonds. The standard InChI is InChI=1S/C21H29NO2.ClH/c1-3-4-5-6-7-8-10-17-11-9-12-18(15-17)19-13-14-21(22,16-19)20(23)24-2;/h9,11-12,15,19H,3-7,13-14,16,22H2,1-2H3;1H/t19-,21?;/m0./s1. The molecular weight excluding hydrogens is 334 g/mol. The van der Waals surface area contributed by atoms with Crippen LogP contribution in [-0.4, -0.2) is 18.6 Å². The lowest BCUT2D eigenvalue weighted by Crippen LogP contribution is -2.46. The molecule has 1 aliphatic carbocycles. The first-order valence-corrected chi connectivity index (χ1v) is 9.05. The quantitative estimate of drug-likeness (QED) is 0.457. The third kappa shape index (κ3) is 6.06. The highest BCUT2D eigenvalue weighted by molar-refractivity contribution is 5.85. The highest BCUT2D eigenvalue weighted by Gasteiger charge is 2.43. The van der Waals surface area contributed by atoms with Gasteiger partial charge in [0.15, 0.2) is 0 Å². The first-order valence-electron chi connectivity index (χ1n) is 9.05. The summed E-state index contributed by atoms with van der Waals surface area (Å²) in [6.07, 6.45) is 8.19. The van der Waals surface area contributed by atoms with Gasteiger partial charge >= 0.3 is 5.97 Å². The summed E-state index contributed by atoms with van der Waals surface area (Å²) in [4.78, 5) is 11.9. The molecule has 0 bridgehead atoms. The van der Waals surface area contributed by atoms with Gasteiger partial charge in [-0.25, -0.2) is 0 Å². The van der Waals surface area contributed by atoms with E-state index < -0.39 is 5.54 Å². The van der Waals surface area contributed by atoms with E-state index in [1.807, 2.05) is 12.1 Å². The third-order valence-electron chi connectivity index (χ3n) is 4.89. The fourth-order valence-electron chi connectivity index (χ4n) is 3.42. The number of nitrogens with two attached hydrogens (primary N) is 1. The van der Waals surface area contributed by atoms with Gasteiger partial charge in [-0.15, -0.1) is 12.4 Å². The fourth-order valence-corrected chi connectivity index (χ4v) is 3.42. The van der Waals surface area contributed by atoms with E-state index in [1.165, 1.54) is 38.4 Å². The molecule has 1 aromatic rings. The SMILES string of the molecule is CCCCCCC#Cc1cccc([C@H]2CCC(N)(C(=O)OC)C2)c1.Cl. The zero-order valence-electron chi connectivity index (χ0n) is 15.3. The maximum atomic E-state index is 11.9. The lowest BCUT2D eigenvalue weighted by atomic mass is 9.92. The summed E-state index contributed by atoms with van der Waals surface area (Å²) in [5.74, 6) is 6.55. The maximum absolute atomic E-state index is 11.9. The number of rotatable bonds is 6. The third-order valence-corrected chi connectivity index (χ3v) is 4.89. The second-order valence-electron chi connectivity index (χ2n) is 6.83. The summed E-state index contributed by atoms with van der Waals surface area (Å²) >= 11 is 0. The Morgan fingerprint density at radius 2 is 2.16 bits per heavy atom. The summed E-state index contributed by atoms with van der Waals surface area (Å²) in [6, 6.07) is 8.35. The minimum absolute atomic E-state index is 0. The van der Waals surface area contributed by atoms with Crippen LogP contribution in [0.4, 0.5) is 0 Å². The number of carbonyl (C=O) groups is 1. The van der Waals surface area contributed by atoms with Gasteiger partial charge in [0.25, 0.3) is 0 Å². The largest absolute Gasteiger partial charge is 0.468 e. The molecule has 0 radical (unpaired) electrons. The number of halogens is 1. The minimum Gasteiger partial charge on any atom is -0.468 e. The smallest absolute Gasteiger partial charge is 0.325 e. The van der Waals surface area contributed by atoms with Gasteiger partial charge in [0.2, 0.25) is 0 Å². The van der Waals surface area contributed by atoms with Crippen molar-refractivity contribution < 1.29 is 9.53 Å². The predicted octanol–water partition coefficient (Wildman–Crippen LogP) is 4.57. The summed E-state index contributed by atoms with van der Waals surface area (Å²) in [5.41, 5.74) is 7.66. The number of carbonyl (C=O) groups excluding carboxylic acids is 1. The van der Waals surface area contributed by atoms with Crippen molar-refractivity contribution in [1.29, 1.82) is 0 Å². The van der Waals surface area contributed by atoms with Crippen LogP contribution in [0, 0.1) is 11.8 Å². The Bertz CT molecular complexity index is 620. The molecule has 4 heteroatoms. The van der Waals surface area contributed by atoms with Gasteiger partial charge in [0.1, 0.15) is 5.54 Å². The fraction of sp³-hybridized carbons (Fsp3) is 0.571. The van der Waals surface area contributed by atoms with Crippen molar-refractivity contribution in [3.8, 4) is 11.8 Å². The maximum Gasteiger partial charge on any atom is 0.325 e. The molecule has 1 fully saturated rings. The molecular formula is C21H30ClNO2. The van der Waals surface area contributed by atoms with Crippen LogP contribution >= 0.6 is 12.4 Å². The summed E-state index contributed by atoms with van der Waals surface area (Å²) in [6.45, 7) is 2.22. The van der Waals surface area contributed by atoms with Crippen molar-refractivity contribution in [2.45, 2.75) is 69.7 Å². The zero-order valence-corrected chi connectivity index (χ0v) is 16.2. The van der Waals surface area contributed by atoms with Crippen LogP contribution in [-0.2, 0) is 9.53 Å². The molecule has 1 unspecified atom stereocenters. The van der Waals surface area contributed by atoms with E-state index in [4.69, 9.17) is 10.5 Å². The molecule has 1 aliphatic rings. The lowest BCUT2D eigenvalue weighted by Gasteiger charge is -2.20. The Balaban J connectivity index is 0.00000312. The van der Waals surface area contributed by atoms with Crippen LogP contribution in [0.25, 0.3) is 0 Å². The van der Waals surface area contributed by atoms with Gasteiger partial charge in [-0.1, -0.05) is 50.2 Å². The Kier molecular flexibility index (Phi) is 9.03. The number of benzene rings is 1. The number of ether oxygens (including phenoxy) is 1. The van der Waals surface area contributed by atoms with Gasteiger partial charge in [0.05, 0.1) is 7.11 Å². The van der Waals surface area contributed by atoms with Crippen LogP contribution in [0.3, 0.4) is 0 Å². The minimum atomic E-state index is -0.833. The number of unbranched alkanes of at least 4 members (excludes halogenated alkanes) is 4. The Labute approximate surface area is 158 Å². The van der Waals surface area contributed by atoms with Gasteiger partial charge in [-0.05, 0) is 49.3 Å². The lowest BCUT2D eigenvalue weighted by molar-refractivity contribution is -0.146. The van der Waals surface area contributed by atoms with Crippen LogP contribution in [0.1, 0.15) is 75.3 Å². The van der Waals surface area contributed by atoms with E-state index in [9.17, 15) is 4.79 Å². The van der Waals surface area contributed by atoms with E-state index in [0.717, 1.165) is 18.4 Å². The van der Waals surface area contributed by atoms with E-state index in [0.29, 0.717) is 18.8 Å². The highest BCUT2D eigenvalue weighted by atomic mass is 35.5. The number of esters is 1. The second kappa shape index (κ2) is 10.5. The Morgan fingerprint density at radius 1 is 1.36 bits per heavy atom. The van der Waals surface area contributed by atoms with Crippen LogP contribution in [0.2, 0.25) is 0 Å². The molecule has 0 aliphatic heterocycles. The highest BCUT2D eigenvalue weighted by Crippen LogP contribution is 2.40. The molecule has 3 nitrogen and oxygen atoms in total. The molecule has 138 valence electrons. The zero-order chi connectivity index (χ0) is 17.4. The van der Waals surface area contributed by atoms with Crippen molar-refractivity contribution in [3.05, 3.63) is 35.4 Å². The van der Waals surface area contributed by atoms with Gasteiger partial charge in [-0.2, -0.15) is 0 Å². The average molecular weight is 364 g/mol. The summed E-state index contributed by atoms with van der Waals surface area (Å²) in [7, 11) is 1.40. The van der Waals surface area contributed by atoms with Gasteiger partial charge in [0, 0.05) is 12.0 Å². The first kappa shape index (κ1) is 21.5. The Hall–Kier alpha value is -1.50. The number of hydrogen-bond acceptors (Lipinski definition) is 3. The van der Waals surface area contributed by atoms with Crippen molar-refractivity contribution in [2.24, 2.45) is 5.73 Å². The molecule has 25 heavy (non-hydrogen) atoms. The average Bonchev–Trinajstić information content (AvgIpc) is 3.01. The summed E-state index contributed by atoms with van der Waals surface area (Å²) < 4.78 is 4.85. The molecule has 0 heterocycles. The van der Waals surface area contributed by atoms with Crippen molar-refractivity contribution >= 4 is 18.4 Å². The number of methoxy groups -OCH3 is 1. The molecule has 2 atom stereocenters. The van der Waals surface area contributed by atoms with E-state index in [2.05, 4.69) is 30.9 Å². The molecule has 0 saturated heterocycles. The molecule has 2 rings (SSSR count). The van der Waals surface area contributed by atoms with Crippen molar-refractivity contribution in [2.75, 3.05) is 7.11 Å². The molecule has 0 spiro atoms. The van der Waals surface area contributed by atoms with Crippen LogP contribution < -0.4 is 5.73 Å². The van der Waals surface area contributed by atoms with Crippen molar-refractivity contribution in [3.63, 3.8) is 0 Å². The normalized spacial score (nSPS) is 21.8. The summed E-state index contributed by atoms with van der Waals surface area (Å²) in [5, 5.41) is 0. The van der Waals surface area contributed by atoms with Gasteiger partial charge < -0.3 is 10.5 Å². The van der Waals surface area contributed by atoms with Gasteiger partial charge in [-0.3, -0.25) is 4.79 Å². The van der Waals surface area contributed by atoms with E-state index in [-0.39, 0.29) is 18.4 Å². The van der Waals surface area contributed by atoms with E-state index >= 15 is 0 Å². The second-order valence-corrected chi connectivity index (χ2v) is 6.83. The molecule has 0 aromatic heterocycles.